The van der Waals surface area contributed by atoms with Gasteiger partial charge in [-0.3, -0.25) is 9.36 Å². The lowest BCUT2D eigenvalue weighted by molar-refractivity contribution is -0.0501. The second kappa shape index (κ2) is 8.76. The van der Waals surface area contributed by atoms with E-state index < -0.39 is 36.7 Å². The zero-order valence-corrected chi connectivity index (χ0v) is 14.9. The van der Waals surface area contributed by atoms with E-state index in [0.29, 0.717) is 19.0 Å². The second-order valence-electron chi connectivity index (χ2n) is 6.57. The number of anilines is 1. The maximum atomic E-state index is 12.1. The van der Waals surface area contributed by atoms with E-state index in [2.05, 4.69) is 20.3 Å². The summed E-state index contributed by atoms with van der Waals surface area (Å²) < 4.78 is 7.05. The van der Waals surface area contributed by atoms with Gasteiger partial charge in [0.2, 0.25) is 5.95 Å². The second-order valence-corrected chi connectivity index (χ2v) is 6.57. The molecule has 0 aromatic carbocycles. The van der Waals surface area contributed by atoms with Crippen molar-refractivity contribution in [3.8, 4) is 0 Å². The number of ether oxygens (including phenoxy) is 1. The molecule has 3 rings (SSSR count). The lowest BCUT2D eigenvalue weighted by atomic mass is 10.1. The maximum absolute atomic E-state index is 12.1. The largest absolute Gasteiger partial charge is 0.394 e. The van der Waals surface area contributed by atoms with Crippen molar-refractivity contribution in [1.29, 1.82) is 0 Å². The number of fused-ring (bicyclic) bond motifs is 1. The molecule has 7 N–H and O–H groups in total. The Morgan fingerprint density at radius 2 is 2.04 bits per heavy atom. The quantitative estimate of drug-likeness (QED) is 0.287. The predicted molar refractivity (Wildman–Crippen MR) is 97.2 cm³/mol. The summed E-state index contributed by atoms with van der Waals surface area (Å²) in [5, 5.41) is 32.9. The number of nitrogens with zero attached hydrogens (tertiary/aromatic N) is 3. The van der Waals surface area contributed by atoms with Gasteiger partial charge in [0, 0.05) is 6.54 Å². The van der Waals surface area contributed by atoms with E-state index in [0.717, 1.165) is 25.7 Å². The molecule has 1 saturated heterocycles. The van der Waals surface area contributed by atoms with Gasteiger partial charge < -0.3 is 36.1 Å². The van der Waals surface area contributed by atoms with Crippen LogP contribution in [0.3, 0.4) is 0 Å². The maximum Gasteiger partial charge on any atom is 0.278 e. The number of nitrogens with one attached hydrogen (secondary N) is 2. The third kappa shape index (κ3) is 3.96. The standard InChI is InChI=1S/C16H26N6O5/c17-5-3-1-2-4-6-18-16-21-10-13(19-8-20-14(10)26)22(16)15-12(25)11(24)9(7-23)27-15/h8-9,11-12,15,23-25H,1-7,17H2,(H,18,21)(H,19,20,26)/t9-,11-,12+,15-/m1/s1. The molecule has 11 nitrogen and oxygen atoms in total. The molecule has 0 aliphatic carbocycles. The number of nitrogens with two attached hydrogens (primary N) is 1. The molecular formula is C16H26N6O5. The summed E-state index contributed by atoms with van der Waals surface area (Å²) >= 11 is 0. The normalized spacial score (nSPS) is 25.3. The molecular weight excluding hydrogens is 356 g/mol. The number of H-pyrrole nitrogens is 1. The van der Waals surface area contributed by atoms with Gasteiger partial charge in [-0.15, -0.1) is 0 Å². The first-order valence-corrected chi connectivity index (χ1v) is 9.10. The molecule has 0 radical (unpaired) electrons. The SMILES string of the molecule is NCCCCCCNc1nc2c(=O)[nH]cnc2n1[C@@H]1O[C@H](CO)[C@@H](O)[C@@H]1O. The zero-order valence-electron chi connectivity index (χ0n) is 14.9. The van der Waals surface area contributed by atoms with E-state index >= 15 is 0 Å². The number of aromatic amines is 1. The average Bonchev–Trinajstić information content (AvgIpc) is 3.17. The van der Waals surface area contributed by atoms with Crippen LogP contribution in [0.5, 0.6) is 0 Å². The first-order valence-electron chi connectivity index (χ1n) is 9.10. The Kier molecular flexibility index (Phi) is 6.39. The van der Waals surface area contributed by atoms with E-state index in [1.165, 1.54) is 10.9 Å². The van der Waals surface area contributed by atoms with Crippen molar-refractivity contribution in [3.63, 3.8) is 0 Å². The van der Waals surface area contributed by atoms with E-state index in [-0.39, 0.29) is 11.2 Å². The molecule has 0 bridgehead atoms. The van der Waals surface area contributed by atoms with Gasteiger partial charge in [0.25, 0.3) is 5.56 Å². The molecule has 0 spiro atoms. The highest BCUT2D eigenvalue weighted by Crippen LogP contribution is 2.33. The molecule has 1 aliphatic heterocycles. The summed E-state index contributed by atoms with van der Waals surface area (Å²) in [7, 11) is 0. The van der Waals surface area contributed by atoms with Gasteiger partial charge >= 0.3 is 0 Å². The molecule has 4 atom stereocenters. The molecule has 27 heavy (non-hydrogen) atoms. The summed E-state index contributed by atoms with van der Waals surface area (Å²) in [5.74, 6) is 0.308. The molecule has 0 unspecified atom stereocenters. The highest BCUT2D eigenvalue weighted by atomic mass is 16.6. The van der Waals surface area contributed by atoms with Crippen LogP contribution < -0.4 is 16.6 Å². The topological polar surface area (TPSA) is 172 Å². The van der Waals surface area contributed by atoms with Crippen molar-refractivity contribution in [3.05, 3.63) is 16.7 Å². The molecule has 11 heteroatoms. The van der Waals surface area contributed by atoms with Gasteiger partial charge in [0.1, 0.15) is 18.3 Å². The minimum atomic E-state index is -1.30. The van der Waals surface area contributed by atoms with Crippen LogP contribution in [0.15, 0.2) is 11.1 Å². The number of unbranched alkanes of at least 4 members (excludes halogenated alkanes) is 3. The van der Waals surface area contributed by atoms with E-state index in [1.807, 2.05) is 0 Å². The van der Waals surface area contributed by atoms with Crippen molar-refractivity contribution in [2.24, 2.45) is 5.73 Å². The van der Waals surface area contributed by atoms with Crippen LogP contribution in [0.4, 0.5) is 5.95 Å². The number of aliphatic hydroxyl groups excluding tert-OH is 3. The van der Waals surface area contributed by atoms with Crippen LogP contribution in [0.1, 0.15) is 31.9 Å². The van der Waals surface area contributed by atoms with E-state index in [1.54, 1.807) is 0 Å². The van der Waals surface area contributed by atoms with E-state index in [9.17, 15) is 20.1 Å². The van der Waals surface area contributed by atoms with Crippen LogP contribution in [-0.2, 0) is 4.74 Å². The minimum absolute atomic E-state index is 0.0980. The van der Waals surface area contributed by atoms with Gasteiger partial charge in [0.15, 0.2) is 17.4 Å². The molecule has 150 valence electrons. The van der Waals surface area contributed by atoms with Crippen LogP contribution in [0.25, 0.3) is 11.2 Å². The first-order chi connectivity index (χ1) is 13.1. The Hall–Kier alpha value is -2.05. The zero-order chi connectivity index (χ0) is 19.4. The van der Waals surface area contributed by atoms with Crippen LogP contribution in [0.2, 0.25) is 0 Å². The molecule has 2 aromatic heterocycles. The number of imidazole rings is 1. The monoisotopic (exact) mass is 382 g/mol. The summed E-state index contributed by atoms with van der Waals surface area (Å²) in [6.45, 7) is 0.822. The first kappa shape index (κ1) is 19.7. The van der Waals surface area contributed by atoms with Crippen molar-refractivity contribution in [2.45, 2.75) is 50.2 Å². The molecule has 0 saturated carbocycles. The number of aliphatic hydroxyl groups is 3. The van der Waals surface area contributed by atoms with Gasteiger partial charge in [0.05, 0.1) is 12.9 Å². The van der Waals surface area contributed by atoms with Gasteiger partial charge in [-0.05, 0) is 19.4 Å². The van der Waals surface area contributed by atoms with Crippen LogP contribution in [0, 0.1) is 0 Å². The Labute approximate surface area is 155 Å². The highest BCUT2D eigenvalue weighted by molar-refractivity contribution is 5.73. The molecule has 2 aromatic rings. The van der Waals surface area contributed by atoms with Gasteiger partial charge in [-0.2, -0.15) is 0 Å². The number of hydrogen-bond acceptors (Lipinski definition) is 9. The highest BCUT2D eigenvalue weighted by Gasteiger charge is 2.45. The smallest absolute Gasteiger partial charge is 0.278 e. The third-order valence-electron chi connectivity index (χ3n) is 4.67. The Balaban J connectivity index is 1.86. The van der Waals surface area contributed by atoms with E-state index in [4.69, 9.17) is 10.5 Å². The summed E-state index contributed by atoms with van der Waals surface area (Å²) in [6, 6.07) is 0. The molecule has 3 heterocycles. The number of hydrogen-bond donors (Lipinski definition) is 6. The Morgan fingerprint density at radius 1 is 1.26 bits per heavy atom. The summed E-state index contributed by atoms with van der Waals surface area (Å²) in [5.41, 5.74) is 5.38. The van der Waals surface area contributed by atoms with Crippen molar-refractivity contribution in [1.82, 2.24) is 19.5 Å². The summed E-state index contributed by atoms with van der Waals surface area (Å²) in [4.78, 5) is 23.0. The molecule has 0 amide bonds. The number of aromatic nitrogens is 4. The van der Waals surface area contributed by atoms with Crippen molar-refractivity contribution in [2.75, 3.05) is 25.0 Å². The van der Waals surface area contributed by atoms with Crippen LogP contribution >= 0.6 is 0 Å². The van der Waals surface area contributed by atoms with Crippen molar-refractivity contribution >= 4 is 17.1 Å². The van der Waals surface area contributed by atoms with Gasteiger partial charge in [-0.1, -0.05) is 12.8 Å². The lowest BCUT2D eigenvalue weighted by Gasteiger charge is -2.19. The Morgan fingerprint density at radius 3 is 2.74 bits per heavy atom. The molecule has 1 fully saturated rings. The Bertz CT molecular complexity index is 808. The fourth-order valence-corrected chi connectivity index (χ4v) is 3.20. The van der Waals surface area contributed by atoms with Gasteiger partial charge in [-0.25, -0.2) is 9.97 Å². The average molecular weight is 382 g/mol. The third-order valence-corrected chi connectivity index (χ3v) is 4.67. The summed E-state index contributed by atoms with van der Waals surface area (Å²) in [6.07, 6.45) is 0.588. The minimum Gasteiger partial charge on any atom is -0.394 e. The molecule has 1 aliphatic rings. The van der Waals surface area contributed by atoms with Crippen molar-refractivity contribution < 1.29 is 20.1 Å². The fourth-order valence-electron chi connectivity index (χ4n) is 3.20. The predicted octanol–water partition coefficient (Wildman–Crippen LogP) is -1.34. The van der Waals surface area contributed by atoms with Crippen LogP contribution in [-0.4, -0.2) is 72.8 Å². The number of rotatable bonds is 9. The fraction of sp³-hybridized carbons (Fsp3) is 0.688. The lowest BCUT2D eigenvalue weighted by Crippen LogP contribution is -2.33.